The van der Waals surface area contributed by atoms with Gasteiger partial charge < -0.3 is 5.32 Å². The van der Waals surface area contributed by atoms with Crippen LogP contribution in [0.5, 0.6) is 0 Å². The number of sulfonamides is 1. The molecule has 3 aromatic rings. The Balaban J connectivity index is 1.48. The average molecular weight is 517 g/mol. The highest BCUT2D eigenvalue weighted by atomic mass is 35.5. The first-order valence-electron chi connectivity index (χ1n) is 11.2. The Labute approximate surface area is 210 Å². The van der Waals surface area contributed by atoms with Gasteiger partial charge >= 0.3 is 0 Å². The summed E-state index contributed by atoms with van der Waals surface area (Å²) < 4.78 is 27.6. The molecule has 8 heteroatoms. The van der Waals surface area contributed by atoms with Crippen LogP contribution >= 0.6 is 23.2 Å². The van der Waals surface area contributed by atoms with Crippen molar-refractivity contribution in [2.24, 2.45) is 5.92 Å². The van der Waals surface area contributed by atoms with Crippen LogP contribution in [0.15, 0.2) is 78.9 Å². The third-order valence-corrected chi connectivity index (χ3v) is 8.59. The molecule has 3 aromatic carbocycles. The molecule has 1 aliphatic rings. The molecule has 0 aromatic heterocycles. The second-order valence-corrected chi connectivity index (χ2v) is 11.2. The second-order valence-electron chi connectivity index (χ2n) is 8.46. The van der Waals surface area contributed by atoms with Crippen LogP contribution in [0, 0.1) is 5.92 Å². The summed E-state index contributed by atoms with van der Waals surface area (Å²) >= 11 is 12.0. The van der Waals surface area contributed by atoms with Crippen LogP contribution in [0.1, 0.15) is 35.6 Å². The third kappa shape index (κ3) is 5.99. The number of benzene rings is 3. The van der Waals surface area contributed by atoms with Gasteiger partial charge in [0.1, 0.15) is 0 Å². The van der Waals surface area contributed by atoms with Gasteiger partial charge in [0, 0.05) is 13.1 Å². The zero-order valence-electron chi connectivity index (χ0n) is 18.5. The van der Waals surface area contributed by atoms with E-state index in [1.54, 1.807) is 18.2 Å². The average Bonchev–Trinajstić information content (AvgIpc) is 2.85. The van der Waals surface area contributed by atoms with Crippen LogP contribution in [0.4, 0.5) is 0 Å². The van der Waals surface area contributed by atoms with E-state index in [0.29, 0.717) is 35.0 Å². The van der Waals surface area contributed by atoms with Gasteiger partial charge in [-0.3, -0.25) is 4.79 Å². The molecule has 1 N–H and O–H groups in total. The van der Waals surface area contributed by atoms with Gasteiger partial charge in [-0.1, -0.05) is 89.9 Å². The van der Waals surface area contributed by atoms with Crippen LogP contribution in [-0.4, -0.2) is 31.7 Å². The van der Waals surface area contributed by atoms with E-state index in [1.807, 2.05) is 60.7 Å². The van der Waals surface area contributed by atoms with Crippen LogP contribution in [0.25, 0.3) is 0 Å². The number of halogens is 2. The van der Waals surface area contributed by atoms with Gasteiger partial charge in [-0.15, -0.1) is 0 Å². The van der Waals surface area contributed by atoms with Crippen molar-refractivity contribution in [1.82, 2.24) is 9.62 Å². The lowest BCUT2D eigenvalue weighted by Gasteiger charge is -2.32. The smallest absolute Gasteiger partial charge is 0.225 e. The molecule has 0 spiro atoms. The number of carbonyl (C=O) groups is 1. The predicted octanol–water partition coefficient (Wildman–Crippen LogP) is 5.44. The molecule has 0 radical (unpaired) electrons. The third-order valence-electron chi connectivity index (χ3n) is 6.03. The van der Waals surface area contributed by atoms with Crippen molar-refractivity contribution in [2.75, 3.05) is 13.1 Å². The second kappa shape index (κ2) is 10.9. The molecule has 0 saturated carbocycles. The molecule has 1 unspecified atom stereocenters. The van der Waals surface area contributed by atoms with Crippen molar-refractivity contribution in [2.45, 2.75) is 24.6 Å². The maximum Gasteiger partial charge on any atom is 0.225 e. The Kier molecular flexibility index (Phi) is 7.94. The molecule has 1 atom stereocenters. The molecule has 1 aliphatic heterocycles. The van der Waals surface area contributed by atoms with Gasteiger partial charge in [0.25, 0.3) is 0 Å². The molecule has 1 saturated heterocycles. The van der Waals surface area contributed by atoms with Gasteiger partial charge in [-0.25, -0.2) is 12.7 Å². The largest absolute Gasteiger partial charge is 0.345 e. The van der Waals surface area contributed by atoms with Gasteiger partial charge in [0.15, 0.2) is 0 Å². The highest BCUT2D eigenvalue weighted by Crippen LogP contribution is 2.27. The van der Waals surface area contributed by atoms with Crippen LogP contribution in [0.3, 0.4) is 0 Å². The molecule has 34 heavy (non-hydrogen) atoms. The lowest BCUT2D eigenvalue weighted by atomic mass is 9.95. The number of hydrogen-bond donors (Lipinski definition) is 1. The number of amides is 1. The van der Waals surface area contributed by atoms with Gasteiger partial charge in [0.05, 0.1) is 27.8 Å². The maximum absolute atomic E-state index is 13.3. The number of piperidine rings is 1. The molecular weight excluding hydrogens is 491 g/mol. The van der Waals surface area contributed by atoms with Crippen LogP contribution < -0.4 is 5.32 Å². The Morgan fingerprint density at radius 3 is 2.15 bits per heavy atom. The van der Waals surface area contributed by atoms with Crippen LogP contribution in [0.2, 0.25) is 10.0 Å². The van der Waals surface area contributed by atoms with Gasteiger partial charge in [-0.05, 0) is 41.7 Å². The summed E-state index contributed by atoms with van der Waals surface area (Å²) in [6.45, 7) is 0.556. The predicted molar refractivity (Wildman–Crippen MR) is 136 cm³/mol. The van der Waals surface area contributed by atoms with Gasteiger partial charge in [-0.2, -0.15) is 0 Å². The van der Waals surface area contributed by atoms with Crippen molar-refractivity contribution in [3.05, 3.63) is 106 Å². The summed E-state index contributed by atoms with van der Waals surface area (Å²) in [6, 6.07) is 24.1. The number of carbonyl (C=O) groups excluding carboxylic acids is 1. The van der Waals surface area contributed by atoms with E-state index >= 15 is 0 Å². The van der Waals surface area contributed by atoms with E-state index in [9.17, 15) is 13.2 Å². The molecular formula is C26H26Cl2N2O3S. The normalized spacial score (nSPS) is 17.0. The minimum Gasteiger partial charge on any atom is -0.345 e. The zero-order valence-corrected chi connectivity index (χ0v) is 20.9. The Morgan fingerprint density at radius 1 is 0.941 bits per heavy atom. The summed E-state index contributed by atoms with van der Waals surface area (Å²) in [5.41, 5.74) is 2.51. The molecule has 0 bridgehead atoms. The van der Waals surface area contributed by atoms with E-state index < -0.39 is 15.9 Å². The van der Waals surface area contributed by atoms with E-state index in [0.717, 1.165) is 11.1 Å². The number of rotatable bonds is 7. The summed E-state index contributed by atoms with van der Waals surface area (Å²) in [6.07, 6.45) is 1.26. The van der Waals surface area contributed by atoms with Crippen molar-refractivity contribution in [3.63, 3.8) is 0 Å². The molecule has 5 nitrogen and oxygen atoms in total. The Morgan fingerprint density at radius 2 is 1.56 bits per heavy atom. The van der Waals surface area contributed by atoms with E-state index in [2.05, 4.69) is 5.32 Å². The monoisotopic (exact) mass is 516 g/mol. The molecule has 0 aliphatic carbocycles. The fourth-order valence-corrected chi connectivity index (χ4v) is 6.17. The number of nitrogens with one attached hydrogen (secondary N) is 1. The quantitative estimate of drug-likeness (QED) is 0.454. The Bertz CT molecular complexity index is 1200. The first-order valence-corrected chi connectivity index (χ1v) is 13.5. The van der Waals surface area contributed by atoms with Crippen molar-refractivity contribution >= 4 is 39.1 Å². The van der Waals surface area contributed by atoms with E-state index in [4.69, 9.17) is 23.2 Å². The van der Waals surface area contributed by atoms with E-state index in [1.165, 1.54) is 4.31 Å². The van der Waals surface area contributed by atoms with Crippen LogP contribution in [-0.2, 0) is 20.6 Å². The SMILES string of the molecule is O=C(NC(c1ccccc1)c1ccccc1)C1CCCN(S(=O)(=O)Cc2ccc(Cl)c(Cl)c2)C1. The first kappa shape index (κ1) is 24.7. The standard InChI is InChI=1S/C26H26Cl2N2O3S/c27-23-14-13-19(16-24(23)28)18-34(32,33)30-15-7-12-22(17-30)26(31)29-25(20-8-3-1-4-9-20)21-10-5-2-6-11-21/h1-6,8-11,13-14,16,22,25H,7,12,15,17-18H2,(H,29,31). The minimum absolute atomic E-state index is 0.146. The molecule has 1 amide bonds. The highest BCUT2D eigenvalue weighted by molar-refractivity contribution is 7.88. The topological polar surface area (TPSA) is 66.5 Å². The lowest BCUT2D eigenvalue weighted by molar-refractivity contribution is -0.126. The summed E-state index contributed by atoms with van der Waals surface area (Å²) in [7, 11) is -3.61. The molecule has 4 rings (SSSR count). The van der Waals surface area contributed by atoms with Crippen molar-refractivity contribution in [3.8, 4) is 0 Å². The molecule has 1 heterocycles. The van der Waals surface area contributed by atoms with Crippen molar-refractivity contribution in [1.29, 1.82) is 0 Å². The summed E-state index contributed by atoms with van der Waals surface area (Å²) in [5, 5.41) is 3.86. The fourth-order valence-electron chi connectivity index (χ4n) is 4.25. The number of nitrogens with zero attached hydrogens (tertiary/aromatic N) is 1. The van der Waals surface area contributed by atoms with E-state index in [-0.39, 0.29) is 24.2 Å². The number of hydrogen-bond acceptors (Lipinski definition) is 3. The Hall–Kier alpha value is -2.38. The van der Waals surface area contributed by atoms with Gasteiger partial charge in [0.2, 0.25) is 15.9 Å². The summed E-state index contributed by atoms with van der Waals surface area (Å²) in [5.74, 6) is -0.756. The lowest BCUT2D eigenvalue weighted by Crippen LogP contribution is -2.46. The fraction of sp³-hybridized carbons (Fsp3) is 0.269. The molecule has 1 fully saturated rings. The minimum atomic E-state index is -3.61. The summed E-state index contributed by atoms with van der Waals surface area (Å²) in [4.78, 5) is 13.3. The van der Waals surface area contributed by atoms with Crippen molar-refractivity contribution < 1.29 is 13.2 Å². The maximum atomic E-state index is 13.3. The molecule has 178 valence electrons. The highest BCUT2D eigenvalue weighted by Gasteiger charge is 2.33. The first-order chi connectivity index (χ1) is 16.3. The zero-order chi connectivity index (χ0) is 24.1.